The Morgan fingerprint density at radius 2 is 1.64 bits per heavy atom. The van der Waals surface area contributed by atoms with Crippen molar-refractivity contribution in [2.75, 3.05) is 25.5 Å². The minimum absolute atomic E-state index is 0.00683. The van der Waals surface area contributed by atoms with E-state index in [2.05, 4.69) is 37.4 Å². The Kier molecular flexibility index (Phi) is 10.6. The van der Waals surface area contributed by atoms with Crippen molar-refractivity contribution < 1.29 is 24.5 Å². The molecule has 5 fully saturated rings. The molecular formula is C47H60N2O5S. The molecule has 6 bridgehead atoms. The van der Waals surface area contributed by atoms with Crippen LogP contribution in [0, 0.1) is 35.5 Å². The minimum atomic E-state index is -1.19. The maximum Gasteiger partial charge on any atom is 0.321 e. The van der Waals surface area contributed by atoms with Crippen molar-refractivity contribution in [3.8, 4) is 5.75 Å². The smallest absolute Gasteiger partial charge is 0.321 e. The molecule has 4 atom stereocenters. The predicted octanol–water partition coefficient (Wildman–Crippen LogP) is 10.1. The quantitative estimate of drug-likeness (QED) is 0.157. The van der Waals surface area contributed by atoms with Crippen LogP contribution >= 0.6 is 11.3 Å². The summed E-state index contributed by atoms with van der Waals surface area (Å²) in [4.78, 5) is 32.8. The Labute approximate surface area is 331 Å². The van der Waals surface area contributed by atoms with Crippen LogP contribution in [0.4, 0.5) is 10.5 Å². The number of aliphatic hydroxyl groups excluding tert-OH is 1. The van der Waals surface area contributed by atoms with Crippen molar-refractivity contribution in [3.63, 3.8) is 0 Å². The normalized spacial score (nSPS) is 32.8. The average Bonchev–Trinajstić information content (AvgIpc) is 3.69. The number of urea groups is 1. The first-order chi connectivity index (χ1) is 26.3. The molecule has 5 saturated carbocycles. The van der Waals surface area contributed by atoms with Crippen molar-refractivity contribution in [2.45, 2.75) is 122 Å². The number of carbonyl (C=O) groups is 2. The third kappa shape index (κ3) is 7.68. The molecule has 0 saturated heterocycles. The number of thiophene rings is 1. The Morgan fingerprint density at radius 1 is 0.927 bits per heavy atom. The van der Waals surface area contributed by atoms with Crippen LogP contribution in [0.25, 0.3) is 0 Å². The van der Waals surface area contributed by atoms with Crippen LogP contribution in [-0.4, -0.2) is 58.8 Å². The van der Waals surface area contributed by atoms with Gasteiger partial charge in [-0.25, -0.2) is 4.79 Å². The summed E-state index contributed by atoms with van der Waals surface area (Å²) in [7, 11) is 1.64. The molecule has 7 nitrogen and oxygen atoms in total. The summed E-state index contributed by atoms with van der Waals surface area (Å²) < 4.78 is 5.38. The van der Waals surface area contributed by atoms with Gasteiger partial charge >= 0.3 is 6.03 Å². The fraction of sp³-hybridized carbons (Fsp3) is 0.574. The fourth-order valence-corrected chi connectivity index (χ4v) is 13.0. The van der Waals surface area contributed by atoms with Crippen LogP contribution in [0.3, 0.4) is 0 Å². The molecule has 0 spiro atoms. The maximum atomic E-state index is 14.6. The SMILES string of the molecule is COc1ccc(NC(=O)N(CC23CC4CC(CC(C4)C2)C3)CC2(O)CCC3c4ccc(cc4C(=O)c4ccc(C)s4)CC(O)CCC(C)=CCCC32C)cc1. The van der Waals surface area contributed by atoms with E-state index in [1.807, 2.05) is 54.3 Å². The molecule has 3 N–H and O–H groups in total. The Hall–Kier alpha value is -3.46. The van der Waals surface area contributed by atoms with E-state index in [1.54, 1.807) is 7.11 Å². The van der Waals surface area contributed by atoms with Crippen molar-refractivity contribution in [3.05, 3.63) is 92.7 Å². The molecule has 3 aromatic rings. The second-order valence-corrected chi connectivity index (χ2v) is 19.9. The lowest BCUT2D eigenvalue weighted by Gasteiger charge is -2.58. The van der Waals surface area contributed by atoms with Gasteiger partial charge in [0.25, 0.3) is 0 Å². The Morgan fingerprint density at radius 3 is 2.29 bits per heavy atom. The predicted molar refractivity (Wildman–Crippen MR) is 220 cm³/mol. The number of nitrogens with zero attached hydrogens (tertiary/aromatic N) is 1. The number of anilines is 1. The van der Waals surface area contributed by atoms with Gasteiger partial charge in [0.15, 0.2) is 0 Å². The van der Waals surface area contributed by atoms with E-state index >= 15 is 0 Å². The average molecular weight is 765 g/mol. The zero-order chi connectivity index (χ0) is 38.5. The number of aliphatic hydroxyl groups is 2. The first-order valence-corrected chi connectivity index (χ1v) is 21.7. The third-order valence-electron chi connectivity index (χ3n) is 14.7. The summed E-state index contributed by atoms with van der Waals surface area (Å²) in [5, 5.41) is 27.6. The van der Waals surface area contributed by atoms with E-state index in [-0.39, 0.29) is 29.7 Å². The van der Waals surface area contributed by atoms with E-state index in [0.717, 1.165) is 52.3 Å². The molecular weight excluding hydrogens is 705 g/mol. The summed E-state index contributed by atoms with van der Waals surface area (Å²) in [5.74, 6) is 2.88. The number of benzene rings is 2. The van der Waals surface area contributed by atoms with Gasteiger partial charge in [0.1, 0.15) is 5.75 Å². The van der Waals surface area contributed by atoms with E-state index < -0.39 is 17.1 Å². The summed E-state index contributed by atoms with van der Waals surface area (Å²) >= 11 is 1.52. The number of ketones is 1. The van der Waals surface area contributed by atoms with Gasteiger partial charge < -0.3 is 25.2 Å². The zero-order valence-corrected chi connectivity index (χ0v) is 34.1. The van der Waals surface area contributed by atoms with Gasteiger partial charge in [0.2, 0.25) is 5.78 Å². The molecule has 294 valence electrons. The monoisotopic (exact) mass is 764 g/mol. The van der Waals surface area contributed by atoms with Gasteiger partial charge in [-0.1, -0.05) is 30.7 Å². The van der Waals surface area contributed by atoms with E-state index in [0.29, 0.717) is 54.8 Å². The number of hydrogen-bond acceptors (Lipinski definition) is 6. The van der Waals surface area contributed by atoms with Gasteiger partial charge in [-0.05, 0) is 180 Å². The summed E-state index contributed by atoms with van der Waals surface area (Å²) in [5.41, 5.74) is 2.83. The largest absolute Gasteiger partial charge is 0.497 e. The number of fused-ring (bicyclic) bond motifs is 8. The molecule has 1 heterocycles. The van der Waals surface area contributed by atoms with Gasteiger partial charge in [-0.3, -0.25) is 4.79 Å². The molecule has 2 amide bonds. The first-order valence-electron chi connectivity index (χ1n) is 20.8. The molecule has 8 heteroatoms. The van der Waals surface area contributed by atoms with E-state index in [9.17, 15) is 19.8 Å². The second-order valence-electron chi connectivity index (χ2n) is 18.6. The number of carbonyl (C=O) groups excluding carboxylic acids is 2. The Balaban J connectivity index is 1.17. The van der Waals surface area contributed by atoms with Crippen LogP contribution in [0.2, 0.25) is 0 Å². The summed E-state index contributed by atoms with van der Waals surface area (Å²) in [6.07, 6.45) is 14.0. The number of ether oxygens (including phenoxy) is 1. The molecule has 0 aliphatic heterocycles. The molecule has 55 heavy (non-hydrogen) atoms. The molecule has 4 unspecified atom stereocenters. The highest BCUT2D eigenvalue weighted by Gasteiger charge is 2.59. The highest BCUT2D eigenvalue weighted by atomic mass is 32.1. The van der Waals surface area contributed by atoms with Crippen molar-refractivity contribution in [1.29, 1.82) is 0 Å². The van der Waals surface area contributed by atoms with Gasteiger partial charge in [0.05, 0.1) is 30.2 Å². The van der Waals surface area contributed by atoms with Crippen LogP contribution in [-0.2, 0) is 6.42 Å². The van der Waals surface area contributed by atoms with E-state index in [4.69, 9.17) is 4.74 Å². The zero-order valence-electron chi connectivity index (χ0n) is 33.2. The van der Waals surface area contributed by atoms with Gasteiger partial charge in [-0.15, -0.1) is 11.3 Å². The number of aryl methyl sites for hydroxylation is 1. The number of methoxy groups -OCH3 is 1. The van der Waals surface area contributed by atoms with Crippen LogP contribution < -0.4 is 10.1 Å². The molecule has 7 aliphatic rings. The van der Waals surface area contributed by atoms with Gasteiger partial charge in [-0.2, -0.15) is 0 Å². The standard InChI is InChI=1S/C47H60N2O5S/c1-30-6-5-18-45(3)41(39-15-9-32(23-37(50)12-7-30)24-40(39)43(51)42-16-8-31(2)55-42)17-19-47(45,53)29-49(44(52)48-36-10-13-38(54-4)14-11-36)28-46-25-33-20-34(26-46)22-35(21-33)27-46/h6,8-11,13-16,24,33-35,37,41,50,53H,5,7,12,17-23,25-29H2,1-4H3,(H,48,52). The summed E-state index contributed by atoms with van der Waals surface area (Å²) in [6, 6.07) is 17.5. The minimum Gasteiger partial charge on any atom is -0.497 e. The van der Waals surface area contributed by atoms with Crippen molar-refractivity contribution >= 4 is 28.8 Å². The number of nitrogens with one attached hydrogen (secondary N) is 1. The molecule has 7 aliphatic carbocycles. The third-order valence-corrected chi connectivity index (χ3v) is 15.7. The molecule has 1 aromatic heterocycles. The maximum absolute atomic E-state index is 14.6. The lowest BCUT2D eigenvalue weighted by atomic mass is 9.49. The number of rotatable bonds is 8. The molecule has 10 rings (SSSR count). The molecule has 0 radical (unpaired) electrons. The van der Waals surface area contributed by atoms with Crippen LogP contribution in [0.1, 0.15) is 128 Å². The number of amides is 2. The van der Waals surface area contributed by atoms with Crippen LogP contribution in [0.5, 0.6) is 5.75 Å². The second kappa shape index (κ2) is 15.1. The summed E-state index contributed by atoms with van der Waals surface area (Å²) in [6.45, 7) is 7.29. The highest BCUT2D eigenvalue weighted by molar-refractivity contribution is 7.14. The lowest BCUT2D eigenvalue weighted by molar-refractivity contribution is -0.0975. The van der Waals surface area contributed by atoms with Crippen molar-refractivity contribution in [1.82, 2.24) is 4.90 Å². The topological polar surface area (TPSA) is 99.1 Å². The van der Waals surface area contributed by atoms with Crippen LogP contribution in [0.15, 0.2) is 66.2 Å². The number of allylic oxidation sites excluding steroid dienone is 2. The van der Waals surface area contributed by atoms with Gasteiger partial charge in [0, 0.05) is 28.1 Å². The molecule has 2 aromatic carbocycles. The number of hydrogen-bond donors (Lipinski definition) is 3. The Bertz CT molecular complexity index is 1900. The van der Waals surface area contributed by atoms with Crippen molar-refractivity contribution in [2.24, 2.45) is 28.6 Å². The van der Waals surface area contributed by atoms with E-state index in [1.165, 1.54) is 55.4 Å². The highest BCUT2D eigenvalue weighted by Crippen LogP contribution is 2.62. The fourth-order valence-electron chi connectivity index (χ4n) is 12.2. The lowest BCUT2D eigenvalue weighted by Crippen LogP contribution is -2.58. The first kappa shape index (κ1) is 38.4.